The Morgan fingerprint density at radius 3 is 2.24 bits per heavy atom. The number of benzene rings is 4. The fourth-order valence-electron chi connectivity index (χ4n) is 10.1. The number of carbonyl (C=O) groups excluding carboxylic acids is 4. The largest absolute Gasteiger partial charge is 0.352 e. The molecular formula is C54H58N5O5S4+. The maximum absolute atomic E-state index is 13.3. The highest BCUT2D eigenvalue weighted by atomic mass is 32.2. The fraction of sp³-hybridized carbons (Fsp3) is 0.333. The van der Waals surface area contributed by atoms with E-state index in [-0.39, 0.29) is 36.0 Å². The topological polar surface area (TPSA) is 112 Å². The minimum Gasteiger partial charge on any atom is -0.352 e. The first-order chi connectivity index (χ1) is 32.5. The minimum atomic E-state index is -0.625. The van der Waals surface area contributed by atoms with Crippen LogP contribution in [0.2, 0.25) is 0 Å². The molecule has 14 heteroatoms. The SMILES string of the molecule is CCN1/C(=C/C=C(/C=C/C2=[N+](CC)c3ccc4c(S)cc(S)cc4c3C2(C)C)c2ccc(C(=O)NCCCCCC(=O)ON3C(=O)CCC3=O)cn2)C(C)(C)c2c1ccc1c(SC)cc(S)cc21. The van der Waals surface area contributed by atoms with Crippen molar-refractivity contribution in [1.29, 1.82) is 0 Å². The maximum Gasteiger partial charge on any atom is 0.333 e. The number of hydroxylamine groups is 2. The zero-order chi connectivity index (χ0) is 48.7. The summed E-state index contributed by atoms with van der Waals surface area (Å²) in [4.78, 5) is 65.2. The molecule has 3 aliphatic heterocycles. The van der Waals surface area contributed by atoms with E-state index in [0.29, 0.717) is 42.1 Å². The lowest BCUT2D eigenvalue weighted by molar-refractivity contribution is -0.433. The van der Waals surface area contributed by atoms with E-state index in [1.165, 1.54) is 38.2 Å². The van der Waals surface area contributed by atoms with Crippen LogP contribution >= 0.6 is 49.6 Å². The zero-order valence-corrected chi connectivity index (χ0v) is 43.1. The summed E-state index contributed by atoms with van der Waals surface area (Å²) in [5.74, 6) is -1.87. The van der Waals surface area contributed by atoms with E-state index in [9.17, 15) is 19.2 Å². The van der Waals surface area contributed by atoms with Gasteiger partial charge in [-0.3, -0.25) is 19.4 Å². The molecule has 4 heterocycles. The highest BCUT2D eigenvalue weighted by Crippen LogP contribution is 2.52. The molecule has 0 unspecified atom stereocenters. The van der Waals surface area contributed by atoms with Gasteiger partial charge in [-0.15, -0.1) is 54.7 Å². The van der Waals surface area contributed by atoms with Crippen molar-refractivity contribution in [1.82, 2.24) is 15.4 Å². The third-order valence-corrected chi connectivity index (χ3v) is 15.1. The summed E-state index contributed by atoms with van der Waals surface area (Å²) in [5.41, 5.74) is 8.52. The number of rotatable bonds is 15. The van der Waals surface area contributed by atoms with Crippen LogP contribution in [0.25, 0.3) is 27.1 Å². The van der Waals surface area contributed by atoms with Crippen LogP contribution in [-0.2, 0) is 30.1 Å². The van der Waals surface area contributed by atoms with Gasteiger partial charge in [-0.05, 0) is 135 Å². The summed E-state index contributed by atoms with van der Waals surface area (Å²) in [6.45, 7) is 15.5. The van der Waals surface area contributed by atoms with Crippen molar-refractivity contribution in [3.8, 4) is 0 Å². The van der Waals surface area contributed by atoms with Crippen LogP contribution in [0.1, 0.15) is 107 Å². The number of anilines is 1. The van der Waals surface area contributed by atoms with Crippen molar-refractivity contribution in [3.63, 3.8) is 0 Å². The Kier molecular flexibility index (Phi) is 14.4. The number of likely N-dealkylation sites (N-methyl/N-ethyl adjacent to an activating group) is 1. The number of nitrogens with zero attached hydrogens (tertiary/aromatic N) is 4. The first-order valence-corrected chi connectivity index (χ1v) is 25.7. The molecule has 0 atom stereocenters. The fourth-order valence-corrected chi connectivity index (χ4v) is 11.8. The molecule has 352 valence electrons. The second-order valence-corrected chi connectivity index (χ2v) is 20.8. The van der Waals surface area contributed by atoms with Crippen molar-refractivity contribution in [2.45, 2.75) is 110 Å². The molecule has 1 saturated heterocycles. The number of aromatic nitrogens is 1. The normalized spacial score (nSPS) is 17.1. The number of thiol groups is 3. The number of nitrogens with one attached hydrogen (secondary N) is 1. The Bertz CT molecular complexity index is 3010. The number of amides is 3. The van der Waals surface area contributed by atoms with E-state index in [0.717, 1.165) is 55.5 Å². The summed E-state index contributed by atoms with van der Waals surface area (Å²) in [6.07, 6.45) is 14.4. The van der Waals surface area contributed by atoms with Gasteiger partial charge in [-0.25, -0.2) is 4.79 Å². The Labute approximate surface area is 419 Å². The van der Waals surface area contributed by atoms with E-state index in [1.54, 1.807) is 24.0 Å². The number of pyridine rings is 1. The van der Waals surface area contributed by atoms with Gasteiger partial charge >= 0.3 is 5.97 Å². The van der Waals surface area contributed by atoms with Crippen molar-refractivity contribution in [2.75, 3.05) is 30.8 Å². The van der Waals surface area contributed by atoms with E-state index < -0.39 is 17.8 Å². The number of hydrogen-bond acceptors (Lipinski definition) is 11. The second kappa shape index (κ2) is 20.0. The van der Waals surface area contributed by atoms with Gasteiger partial charge in [0.1, 0.15) is 6.54 Å². The molecule has 0 saturated carbocycles. The van der Waals surface area contributed by atoms with Crippen molar-refractivity contribution >= 4 is 118 Å². The number of carbonyl (C=O) groups is 4. The number of thioether (sulfide) groups is 1. The van der Waals surface area contributed by atoms with Crippen LogP contribution in [-0.4, -0.2) is 69.9 Å². The standard InChI is InChI=1S/C54H57N5O5S4/c1-8-57-41-20-17-36-38(27-34(65)29-43(36)67)50(41)53(3,4)45(57)22-15-32(16-23-46-54(5,6)51-39-28-35(66)30-44(68-7)37(39)18-21-42(51)58(46)9-2)40-19-14-33(31-56-40)52(63)55-26-12-10-11-13-49(62)64-59-47(60)24-25-48(59)61/h14-23,27-31H,8-13,24-26H2,1-7H3,(H3-,55,63,65,66,67)/p+1. The number of hydrogen-bond donors (Lipinski definition) is 4. The molecule has 0 radical (unpaired) electrons. The second-order valence-electron chi connectivity index (χ2n) is 18.4. The van der Waals surface area contributed by atoms with Crippen LogP contribution < -0.4 is 10.2 Å². The Morgan fingerprint density at radius 2 is 1.56 bits per heavy atom. The third-order valence-electron chi connectivity index (χ3n) is 13.4. The average molecular weight is 985 g/mol. The molecule has 4 aromatic carbocycles. The molecule has 0 bridgehead atoms. The van der Waals surface area contributed by atoms with E-state index in [1.807, 2.05) is 12.1 Å². The number of fused-ring (bicyclic) bond motifs is 6. The van der Waals surface area contributed by atoms with Crippen LogP contribution in [0, 0.1) is 0 Å². The van der Waals surface area contributed by atoms with Gasteiger partial charge in [-0.2, -0.15) is 4.58 Å². The predicted molar refractivity (Wildman–Crippen MR) is 283 cm³/mol. The van der Waals surface area contributed by atoms with Gasteiger partial charge in [0.05, 0.1) is 16.7 Å². The highest BCUT2D eigenvalue weighted by molar-refractivity contribution is 7.98. The quantitative estimate of drug-likeness (QED) is 0.0205. The van der Waals surface area contributed by atoms with Gasteiger partial charge < -0.3 is 15.1 Å². The summed E-state index contributed by atoms with van der Waals surface area (Å²) < 4.78 is 2.38. The Morgan fingerprint density at radius 1 is 0.853 bits per heavy atom. The third kappa shape index (κ3) is 9.28. The Hall–Kier alpha value is -5.28. The summed E-state index contributed by atoms with van der Waals surface area (Å²) in [5, 5.41) is 8.21. The van der Waals surface area contributed by atoms with Crippen LogP contribution in [0.3, 0.4) is 0 Å². The zero-order valence-electron chi connectivity index (χ0n) is 39.6. The molecule has 10 nitrogen and oxygen atoms in total. The average Bonchev–Trinajstić information content (AvgIpc) is 3.83. The number of unbranched alkanes of at least 4 members (excludes halogenated alkanes) is 2. The lowest BCUT2D eigenvalue weighted by atomic mass is 9.79. The van der Waals surface area contributed by atoms with Crippen molar-refractivity contribution in [3.05, 3.63) is 119 Å². The van der Waals surface area contributed by atoms with Gasteiger partial charge in [0.25, 0.3) is 17.7 Å². The molecule has 1 aromatic heterocycles. The van der Waals surface area contributed by atoms with Crippen molar-refractivity contribution < 1.29 is 28.6 Å². The van der Waals surface area contributed by atoms with Crippen LogP contribution in [0.15, 0.2) is 116 Å². The first kappa shape index (κ1) is 49.2. The summed E-state index contributed by atoms with van der Waals surface area (Å²) in [7, 11) is 0. The highest BCUT2D eigenvalue weighted by Gasteiger charge is 2.45. The van der Waals surface area contributed by atoms with Gasteiger partial charge in [-0.1, -0.05) is 32.4 Å². The molecule has 1 fully saturated rings. The van der Waals surface area contributed by atoms with E-state index in [2.05, 4.69) is 129 Å². The molecule has 5 aromatic rings. The van der Waals surface area contributed by atoms with Crippen molar-refractivity contribution in [2.24, 2.45) is 0 Å². The monoisotopic (exact) mass is 984 g/mol. The number of imide groups is 1. The predicted octanol–water partition coefficient (Wildman–Crippen LogP) is 11.6. The van der Waals surface area contributed by atoms with Crippen LogP contribution in [0.4, 0.5) is 11.4 Å². The summed E-state index contributed by atoms with van der Waals surface area (Å²) >= 11 is 16.1. The molecule has 8 rings (SSSR count). The van der Waals surface area contributed by atoms with E-state index in [4.69, 9.17) is 47.7 Å². The molecule has 0 spiro atoms. The maximum atomic E-state index is 13.3. The minimum absolute atomic E-state index is 0.0536. The molecule has 68 heavy (non-hydrogen) atoms. The molecular weight excluding hydrogens is 927 g/mol. The van der Waals surface area contributed by atoms with Gasteiger partial charge in [0, 0.05) is 98.2 Å². The van der Waals surface area contributed by atoms with Gasteiger partial charge in [0.15, 0.2) is 5.71 Å². The summed E-state index contributed by atoms with van der Waals surface area (Å²) in [6, 6.07) is 21.0. The van der Waals surface area contributed by atoms with Gasteiger partial charge in [0.2, 0.25) is 5.69 Å². The number of allylic oxidation sites excluding steroid dienone is 6. The first-order valence-electron chi connectivity index (χ1n) is 23.2. The van der Waals surface area contributed by atoms with Crippen LogP contribution in [0.5, 0.6) is 0 Å². The lowest BCUT2D eigenvalue weighted by Gasteiger charge is -2.26. The molecule has 1 N–H and O–H groups in total. The molecule has 3 aliphatic rings. The lowest BCUT2D eigenvalue weighted by Crippen LogP contribution is -2.31. The molecule has 0 aliphatic carbocycles. The smallest absolute Gasteiger partial charge is 0.333 e. The molecule has 3 amide bonds. The Balaban J connectivity index is 1.09. The van der Waals surface area contributed by atoms with E-state index >= 15 is 0 Å².